The quantitative estimate of drug-likeness (QED) is 0.0845. The van der Waals surface area contributed by atoms with E-state index >= 15 is 0 Å². The molecule has 9 heteroatoms. The smallest absolute Gasteiger partial charge is 0.373 e. The van der Waals surface area contributed by atoms with E-state index in [1.165, 1.54) is 90.7 Å². The number of hydrogen-bond donors (Lipinski definition) is 1. The molecule has 0 unspecified atom stereocenters. The summed E-state index contributed by atoms with van der Waals surface area (Å²) in [6, 6.07) is 32.2. The summed E-state index contributed by atoms with van der Waals surface area (Å²) in [7, 11) is -1.67. The van der Waals surface area contributed by atoms with Crippen molar-refractivity contribution >= 4 is 20.6 Å². The molecule has 8 rings (SSSR count). The molecule has 2 heterocycles. The zero-order chi connectivity index (χ0) is 58.7. The summed E-state index contributed by atoms with van der Waals surface area (Å²) in [4.78, 5) is 41.4. The number of aliphatic hydroxyl groups is 1. The Balaban J connectivity index is 0.000000269. The van der Waals surface area contributed by atoms with Gasteiger partial charge in [-0.25, -0.2) is 0 Å². The summed E-state index contributed by atoms with van der Waals surface area (Å²) in [5.41, 5.74) is 19.0. The Bertz CT molecular complexity index is 3230. The molecule has 80 heavy (non-hydrogen) atoms. The van der Waals surface area contributed by atoms with Crippen LogP contribution in [0.1, 0.15) is 185 Å². The largest absolute Gasteiger partial charge is 0.402 e. The van der Waals surface area contributed by atoms with Crippen molar-refractivity contribution < 1.29 is 28.7 Å². The van der Waals surface area contributed by atoms with Crippen molar-refractivity contribution in [2.24, 2.45) is 0 Å². The van der Waals surface area contributed by atoms with E-state index < -0.39 is 13.9 Å². The SMILES string of the molecule is CCc1cncc(-c2ccc(C(CC)(CC)c3ccc(C#CC4(O)CCCC4)c(C)c3)cc2C)c1.CCc1cncc(-c2ccc(C(CC)(CC)c3ccc(C#CC4(O[Si](C)(C)C)CCCC4)c(C)c3)cc2C)c1.O=C=O.O=C=O. The number of aryl methyl sites for hydroxylation is 6. The molecule has 8 nitrogen and oxygen atoms in total. The van der Waals surface area contributed by atoms with E-state index in [4.69, 9.17) is 23.6 Å². The van der Waals surface area contributed by atoms with Crippen molar-refractivity contribution in [2.75, 3.05) is 0 Å². The summed E-state index contributed by atoms with van der Waals surface area (Å²) >= 11 is 0. The molecule has 2 saturated carbocycles. The van der Waals surface area contributed by atoms with E-state index in [1.807, 2.05) is 24.8 Å². The van der Waals surface area contributed by atoms with Gasteiger partial charge in [0, 0.05) is 57.9 Å². The third kappa shape index (κ3) is 15.8. The standard InChI is InChI=1S/C36H47NOSi.C33H39NO.2CO2/c1-9-29-24-31(26-37-25-29)34-17-16-33(23-28(34)5)36(10-2,11-3)32-15-14-30(27(4)22-32)18-21-35(19-12-13-20-35)38-39(6,7)8;1-6-26-21-28(23-34-22-26)31-14-13-30(20-25(31)5)33(7-2,8-3)29-12-11-27(24(4)19-29)15-18-32(35)16-9-10-17-32;2*2-1-3/h14-17,22-26H,9-13,19-20H2,1-8H3;11-14,19-23,35H,6-10,16-17H2,1-5H3;;. The van der Waals surface area contributed by atoms with Crippen molar-refractivity contribution in [3.05, 3.63) is 176 Å². The zero-order valence-electron chi connectivity index (χ0n) is 50.2. The highest BCUT2D eigenvalue weighted by molar-refractivity contribution is 6.69. The second-order valence-corrected chi connectivity index (χ2v) is 27.3. The average molecular weight is 1090 g/mol. The number of pyridine rings is 2. The first-order valence-electron chi connectivity index (χ1n) is 29.0. The first-order chi connectivity index (χ1) is 38.2. The molecular weight excluding hydrogens is 1000 g/mol. The van der Waals surface area contributed by atoms with Crippen molar-refractivity contribution in [3.63, 3.8) is 0 Å². The number of nitrogens with zero attached hydrogens (tertiary/aromatic N) is 2. The lowest BCUT2D eigenvalue weighted by atomic mass is 9.69. The van der Waals surface area contributed by atoms with E-state index in [2.05, 4.69) is 207 Å². The molecule has 0 bridgehead atoms. The Morgan fingerprint density at radius 3 is 1.19 bits per heavy atom. The summed E-state index contributed by atoms with van der Waals surface area (Å²) < 4.78 is 6.65. The summed E-state index contributed by atoms with van der Waals surface area (Å²) in [5, 5.41) is 10.6. The second-order valence-electron chi connectivity index (χ2n) is 22.9. The Morgan fingerprint density at radius 2 is 0.850 bits per heavy atom. The van der Waals surface area contributed by atoms with Crippen LogP contribution in [-0.2, 0) is 47.3 Å². The van der Waals surface area contributed by atoms with Crippen LogP contribution in [0, 0.1) is 51.4 Å². The van der Waals surface area contributed by atoms with Crippen LogP contribution in [0.15, 0.2) is 110 Å². The maximum absolute atomic E-state index is 10.6. The molecular formula is C71H86N2O6Si. The van der Waals surface area contributed by atoms with Crippen LogP contribution in [0.5, 0.6) is 0 Å². The van der Waals surface area contributed by atoms with Crippen LogP contribution in [-0.4, -0.2) is 46.9 Å². The van der Waals surface area contributed by atoms with Gasteiger partial charge in [-0.3, -0.25) is 9.97 Å². The number of benzene rings is 4. The van der Waals surface area contributed by atoms with E-state index in [0.29, 0.717) is 0 Å². The maximum atomic E-state index is 10.6. The molecule has 6 aromatic rings. The minimum atomic E-state index is -1.67. The minimum absolute atomic E-state index is 0.0306. The van der Waals surface area contributed by atoms with Gasteiger partial charge < -0.3 is 9.53 Å². The number of aromatic nitrogens is 2. The van der Waals surface area contributed by atoms with Crippen LogP contribution in [0.25, 0.3) is 22.3 Å². The Labute approximate surface area is 480 Å². The molecule has 0 saturated heterocycles. The Hall–Kier alpha value is -6.80. The fourth-order valence-corrected chi connectivity index (χ4v) is 13.6. The molecule has 0 atom stereocenters. The van der Waals surface area contributed by atoms with Crippen LogP contribution in [0.2, 0.25) is 19.6 Å². The minimum Gasteiger partial charge on any atom is -0.402 e. The van der Waals surface area contributed by atoms with Crippen LogP contribution >= 0.6 is 0 Å². The lowest BCUT2D eigenvalue weighted by molar-refractivity contribution is -0.193. The third-order valence-electron chi connectivity index (χ3n) is 16.8. The monoisotopic (exact) mass is 1090 g/mol. The molecule has 0 aliphatic heterocycles. The van der Waals surface area contributed by atoms with Crippen LogP contribution in [0.3, 0.4) is 0 Å². The van der Waals surface area contributed by atoms with Gasteiger partial charge >= 0.3 is 12.3 Å². The lowest BCUT2D eigenvalue weighted by Gasteiger charge is -2.34. The highest BCUT2D eigenvalue weighted by Gasteiger charge is 2.38. The molecule has 2 aliphatic carbocycles. The maximum Gasteiger partial charge on any atom is 0.373 e. The topological polar surface area (TPSA) is 124 Å². The van der Waals surface area contributed by atoms with E-state index in [0.717, 1.165) is 88.2 Å². The Morgan fingerprint density at radius 1 is 0.500 bits per heavy atom. The lowest BCUT2D eigenvalue weighted by Crippen LogP contribution is -2.39. The molecule has 2 fully saturated rings. The van der Waals surface area contributed by atoms with Gasteiger partial charge in [0.1, 0.15) is 11.2 Å². The van der Waals surface area contributed by atoms with Crippen molar-refractivity contribution in [3.8, 4) is 45.9 Å². The molecule has 2 aliphatic rings. The molecule has 2 aromatic heterocycles. The number of hydrogen-bond acceptors (Lipinski definition) is 8. The third-order valence-corrected chi connectivity index (χ3v) is 17.8. The fraction of sp³-hybridized carbons (Fsp3) is 0.437. The molecule has 0 radical (unpaired) electrons. The van der Waals surface area contributed by atoms with Gasteiger partial charge in [-0.2, -0.15) is 19.2 Å². The molecule has 420 valence electrons. The molecule has 0 spiro atoms. The van der Waals surface area contributed by atoms with Crippen LogP contribution < -0.4 is 0 Å². The zero-order valence-corrected chi connectivity index (χ0v) is 51.2. The van der Waals surface area contributed by atoms with Gasteiger partial charge in [-0.1, -0.05) is 126 Å². The summed E-state index contributed by atoms with van der Waals surface area (Å²) in [5.74, 6) is 13.6. The van der Waals surface area contributed by atoms with Gasteiger partial charge in [-0.15, -0.1) is 0 Å². The molecule has 1 N–H and O–H groups in total. The van der Waals surface area contributed by atoms with Gasteiger partial charge in [-0.05, 0) is 228 Å². The Kier molecular flexibility index (Phi) is 23.3. The van der Waals surface area contributed by atoms with Gasteiger partial charge in [0.05, 0.1) is 0 Å². The average Bonchev–Trinajstić information content (AvgIpc) is 4.10. The predicted molar refractivity (Wildman–Crippen MR) is 325 cm³/mol. The first kappa shape index (κ1) is 64.0. The van der Waals surface area contributed by atoms with Crippen molar-refractivity contribution in [1.29, 1.82) is 0 Å². The highest BCUT2D eigenvalue weighted by Crippen LogP contribution is 2.43. The molecule has 4 aromatic carbocycles. The van der Waals surface area contributed by atoms with Gasteiger partial charge in [0.25, 0.3) is 0 Å². The molecule has 0 amide bonds. The highest BCUT2D eigenvalue weighted by atomic mass is 28.4. The second kappa shape index (κ2) is 29.1. The summed E-state index contributed by atoms with van der Waals surface area (Å²) in [6.07, 6.45) is 22.8. The predicted octanol–water partition coefficient (Wildman–Crippen LogP) is 16.1. The van der Waals surface area contributed by atoms with E-state index in [9.17, 15) is 5.11 Å². The summed E-state index contributed by atoms with van der Waals surface area (Å²) in [6.45, 7) is 29.2. The van der Waals surface area contributed by atoms with E-state index in [-0.39, 0.29) is 28.7 Å². The number of rotatable bonds is 14. The van der Waals surface area contributed by atoms with Crippen LogP contribution in [0.4, 0.5) is 0 Å². The van der Waals surface area contributed by atoms with Crippen molar-refractivity contribution in [2.45, 2.75) is 201 Å². The van der Waals surface area contributed by atoms with Gasteiger partial charge in [0.2, 0.25) is 0 Å². The van der Waals surface area contributed by atoms with Crippen molar-refractivity contribution in [1.82, 2.24) is 9.97 Å². The fourth-order valence-electron chi connectivity index (χ4n) is 12.1. The van der Waals surface area contributed by atoms with E-state index in [1.54, 1.807) is 0 Å². The number of carbonyl (C=O) groups excluding carboxylic acids is 4. The van der Waals surface area contributed by atoms with Gasteiger partial charge in [0.15, 0.2) is 8.32 Å². The first-order valence-corrected chi connectivity index (χ1v) is 32.4. The normalized spacial score (nSPS) is 14.2.